The first kappa shape index (κ1) is 12.9. The van der Waals surface area contributed by atoms with Crippen molar-refractivity contribution in [2.45, 2.75) is 44.8 Å². The van der Waals surface area contributed by atoms with E-state index in [2.05, 4.69) is 0 Å². The van der Waals surface area contributed by atoms with E-state index in [1.165, 1.54) is 0 Å². The molecule has 1 fully saturated rings. The third-order valence-electron chi connectivity index (χ3n) is 3.69. The van der Waals surface area contributed by atoms with Gasteiger partial charge in [-0.15, -0.1) is 0 Å². The highest BCUT2D eigenvalue weighted by atomic mass is 16.5. The predicted molar refractivity (Wildman–Crippen MR) is 56.0 cm³/mol. The topological polar surface area (TPSA) is 80.9 Å². The minimum Gasteiger partial charge on any atom is -0.396 e. The summed E-state index contributed by atoms with van der Waals surface area (Å²) in [6.45, 7) is 0.335. The Hall–Kier alpha value is -0.160. The summed E-state index contributed by atoms with van der Waals surface area (Å²) in [6.07, 6.45) is 3.31. The molecule has 90 valence electrons. The highest BCUT2D eigenvalue weighted by Crippen LogP contribution is 2.42. The van der Waals surface area contributed by atoms with Crippen LogP contribution < -0.4 is 0 Å². The Labute approximate surface area is 90.6 Å². The van der Waals surface area contributed by atoms with E-state index in [4.69, 9.17) is 15.3 Å². The van der Waals surface area contributed by atoms with Crippen LogP contribution in [0, 0.1) is 11.3 Å². The summed E-state index contributed by atoms with van der Waals surface area (Å²) in [5, 5.41) is 36.0. The molecule has 1 saturated carbocycles. The zero-order valence-corrected chi connectivity index (χ0v) is 9.10. The van der Waals surface area contributed by atoms with Crippen LogP contribution in [0.5, 0.6) is 0 Å². The average Bonchev–Trinajstić information content (AvgIpc) is 2.27. The highest BCUT2D eigenvalue weighted by Gasteiger charge is 2.34. The van der Waals surface area contributed by atoms with E-state index in [1.54, 1.807) is 0 Å². The molecule has 1 aliphatic carbocycles. The summed E-state index contributed by atoms with van der Waals surface area (Å²) in [7, 11) is 0. The predicted octanol–water partition coefficient (Wildman–Crippen LogP) is 0.239. The minimum absolute atomic E-state index is 0.109. The third-order valence-corrected chi connectivity index (χ3v) is 3.69. The van der Waals surface area contributed by atoms with Gasteiger partial charge in [-0.1, -0.05) is 0 Å². The Kier molecular flexibility index (Phi) is 4.99. The highest BCUT2D eigenvalue weighted by molar-refractivity contribution is 4.85. The van der Waals surface area contributed by atoms with Gasteiger partial charge < -0.3 is 20.4 Å². The van der Waals surface area contributed by atoms with Crippen LogP contribution in [0.3, 0.4) is 0 Å². The molecule has 1 rings (SSSR count). The summed E-state index contributed by atoms with van der Waals surface area (Å²) >= 11 is 0. The fourth-order valence-electron chi connectivity index (χ4n) is 2.39. The van der Waals surface area contributed by atoms with Crippen molar-refractivity contribution in [2.75, 3.05) is 13.2 Å². The van der Waals surface area contributed by atoms with E-state index >= 15 is 0 Å². The van der Waals surface area contributed by atoms with Crippen LogP contribution in [0.15, 0.2) is 0 Å². The lowest BCUT2D eigenvalue weighted by atomic mass is 9.68. The van der Waals surface area contributed by atoms with E-state index in [9.17, 15) is 5.11 Å². The molecule has 4 nitrogen and oxygen atoms in total. The molecule has 0 aromatic heterocycles. The maximum absolute atomic E-state index is 9.39. The lowest BCUT2D eigenvalue weighted by molar-refractivity contribution is -0.0623. The molecule has 0 unspecified atom stereocenters. The maximum atomic E-state index is 9.39. The Morgan fingerprint density at radius 1 is 1.13 bits per heavy atom. The third kappa shape index (κ3) is 3.72. The van der Waals surface area contributed by atoms with E-state index in [-0.39, 0.29) is 18.6 Å². The second kappa shape index (κ2) is 5.80. The molecule has 4 N–H and O–H groups in total. The van der Waals surface area contributed by atoms with Crippen LogP contribution in [0.1, 0.15) is 38.5 Å². The summed E-state index contributed by atoms with van der Waals surface area (Å²) in [5.41, 5.74) is -0.143. The molecule has 0 radical (unpaired) electrons. The largest absolute Gasteiger partial charge is 0.396 e. The number of hydrogen-bond acceptors (Lipinski definition) is 4. The zero-order chi connectivity index (χ0) is 11.3. The van der Waals surface area contributed by atoms with Gasteiger partial charge >= 0.3 is 0 Å². The summed E-state index contributed by atoms with van der Waals surface area (Å²) in [6, 6.07) is 0. The molecule has 0 spiro atoms. The standard InChI is InChI=1S/C11H22O4/c12-7-9-1-4-11(8-13,5-2-9)6-3-10(14)15/h9-10,12-15H,1-8H2. The van der Waals surface area contributed by atoms with Crippen molar-refractivity contribution in [3.05, 3.63) is 0 Å². The van der Waals surface area contributed by atoms with Crippen molar-refractivity contribution in [1.29, 1.82) is 0 Å². The fraction of sp³-hybridized carbons (Fsp3) is 1.00. The van der Waals surface area contributed by atoms with Crippen LogP contribution in [0.2, 0.25) is 0 Å². The lowest BCUT2D eigenvalue weighted by Gasteiger charge is -2.38. The van der Waals surface area contributed by atoms with Crippen molar-refractivity contribution in [3.8, 4) is 0 Å². The van der Waals surface area contributed by atoms with Gasteiger partial charge in [0.05, 0.1) is 0 Å². The van der Waals surface area contributed by atoms with Gasteiger partial charge in [0.1, 0.15) is 0 Å². The van der Waals surface area contributed by atoms with Crippen LogP contribution in [-0.4, -0.2) is 39.9 Å². The van der Waals surface area contributed by atoms with Gasteiger partial charge in [0, 0.05) is 13.2 Å². The molecule has 4 heteroatoms. The van der Waals surface area contributed by atoms with E-state index < -0.39 is 6.29 Å². The van der Waals surface area contributed by atoms with Gasteiger partial charge in [-0.25, -0.2) is 0 Å². The first-order chi connectivity index (χ1) is 7.12. The van der Waals surface area contributed by atoms with Crippen LogP contribution in [0.4, 0.5) is 0 Å². The molecule has 1 aliphatic rings. The van der Waals surface area contributed by atoms with Gasteiger partial charge in [0.25, 0.3) is 0 Å². The van der Waals surface area contributed by atoms with Crippen molar-refractivity contribution < 1.29 is 20.4 Å². The van der Waals surface area contributed by atoms with Gasteiger partial charge in [0.2, 0.25) is 0 Å². The van der Waals surface area contributed by atoms with Crippen LogP contribution >= 0.6 is 0 Å². The molecule has 0 aromatic rings. The second-order valence-electron chi connectivity index (χ2n) is 4.80. The van der Waals surface area contributed by atoms with Crippen molar-refractivity contribution in [1.82, 2.24) is 0 Å². The fourth-order valence-corrected chi connectivity index (χ4v) is 2.39. The number of aliphatic hydroxyl groups is 4. The normalized spacial score (nSPS) is 32.2. The molecular weight excluding hydrogens is 196 g/mol. The number of aliphatic hydroxyl groups excluding tert-OH is 3. The first-order valence-corrected chi connectivity index (χ1v) is 5.70. The molecule has 0 atom stereocenters. The summed E-state index contributed by atoms with van der Waals surface area (Å²) in [5.74, 6) is 0.365. The average molecular weight is 218 g/mol. The second-order valence-corrected chi connectivity index (χ2v) is 4.80. The van der Waals surface area contributed by atoms with Crippen LogP contribution in [0.25, 0.3) is 0 Å². The van der Waals surface area contributed by atoms with E-state index in [1.807, 2.05) is 0 Å². The summed E-state index contributed by atoms with van der Waals surface area (Å²) in [4.78, 5) is 0. The molecule has 0 heterocycles. The van der Waals surface area contributed by atoms with Gasteiger partial charge in [-0.3, -0.25) is 0 Å². The monoisotopic (exact) mass is 218 g/mol. The molecule has 15 heavy (non-hydrogen) atoms. The number of rotatable bonds is 5. The van der Waals surface area contributed by atoms with Crippen molar-refractivity contribution in [2.24, 2.45) is 11.3 Å². The van der Waals surface area contributed by atoms with Gasteiger partial charge in [0.15, 0.2) is 6.29 Å². The van der Waals surface area contributed by atoms with Crippen LogP contribution in [-0.2, 0) is 0 Å². The smallest absolute Gasteiger partial charge is 0.151 e. The zero-order valence-electron chi connectivity index (χ0n) is 9.10. The minimum atomic E-state index is -1.27. The maximum Gasteiger partial charge on any atom is 0.151 e. The Morgan fingerprint density at radius 2 is 1.73 bits per heavy atom. The van der Waals surface area contributed by atoms with Gasteiger partial charge in [-0.05, 0) is 49.9 Å². The number of hydrogen-bond donors (Lipinski definition) is 4. The molecular formula is C11H22O4. The summed E-state index contributed by atoms with van der Waals surface area (Å²) < 4.78 is 0. The van der Waals surface area contributed by atoms with Gasteiger partial charge in [-0.2, -0.15) is 0 Å². The Balaban J connectivity index is 2.41. The molecule has 0 aromatic carbocycles. The first-order valence-electron chi connectivity index (χ1n) is 5.70. The lowest BCUT2D eigenvalue weighted by Crippen LogP contribution is -2.33. The molecule has 0 saturated heterocycles. The molecule has 0 aliphatic heterocycles. The molecule has 0 amide bonds. The van der Waals surface area contributed by atoms with Crippen molar-refractivity contribution >= 4 is 0 Å². The SMILES string of the molecule is OCC1CCC(CO)(CCC(O)O)CC1. The Bertz CT molecular complexity index is 173. The quantitative estimate of drug-likeness (QED) is 0.498. The van der Waals surface area contributed by atoms with E-state index in [0.29, 0.717) is 18.8 Å². The Morgan fingerprint density at radius 3 is 2.13 bits per heavy atom. The molecule has 0 bridgehead atoms. The van der Waals surface area contributed by atoms with E-state index in [0.717, 1.165) is 25.7 Å². The van der Waals surface area contributed by atoms with Crippen molar-refractivity contribution in [3.63, 3.8) is 0 Å².